The number of nitrogens with zero attached hydrogens (tertiary/aromatic N) is 5. The van der Waals surface area contributed by atoms with E-state index in [0.717, 1.165) is 71.7 Å². The van der Waals surface area contributed by atoms with Gasteiger partial charge in [-0.25, -0.2) is 23.9 Å². The maximum Gasteiger partial charge on any atom is 0.407 e. The summed E-state index contributed by atoms with van der Waals surface area (Å²) in [6.45, 7) is 8.62. The van der Waals surface area contributed by atoms with Gasteiger partial charge in [0.25, 0.3) is 0 Å². The minimum Gasteiger partial charge on any atom is -0.505 e. The van der Waals surface area contributed by atoms with Crippen LogP contribution in [0.1, 0.15) is 113 Å². The Morgan fingerprint density at radius 1 is 0.683 bits per heavy atom. The third-order valence-electron chi connectivity index (χ3n) is 12.9. The molecule has 8 rings (SSSR count). The summed E-state index contributed by atoms with van der Waals surface area (Å²) in [6, 6.07) is 14.2. The lowest BCUT2D eigenvalue weighted by Gasteiger charge is -2.33. The van der Waals surface area contributed by atoms with Crippen molar-refractivity contribution in [1.29, 1.82) is 0 Å². The number of phenolic OH excluding ortho intramolecular Hbond substituents is 1. The van der Waals surface area contributed by atoms with E-state index in [1.54, 1.807) is 15.9 Å². The average molecular weight is 866 g/mol. The highest BCUT2D eigenvalue weighted by molar-refractivity contribution is 5.87. The Labute approximate surface area is 364 Å². The van der Waals surface area contributed by atoms with E-state index in [4.69, 9.17) is 19.4 Å². The second kappa shape index (κ2) is 17.8. The molecule has 17 heteroatoms. The number of methoxy groups -OCH3 is 2. The highest BCUT2D eigenvalue weighted by Crippen LogP contribution is 2.48. The third-order valence-corrected chi connectivity index (χ3v) is 12.9. The molecule has 16 nitrogen and oxygen atoms in total. The first-order valence-corrected chi connectivity index (χ1v) is 21.8. The number of halogens is 1. The number of alkyl carbamates (subject to hydrolysis) is 2. The van der Waals surface area contributed by atoms with E-state index >= 15 is 4.39 Å². The van der Waals surface area contributed by atoms with Gasteiger partial charge in [0.2, 0.25) is 11.8 Å². The van der Waals surface area contributed by atoms with E-state index in [1.165, 1.54) is 26.4 Å². The molecular formula is C46H56FN9O7. The zero-order valence-electron chi connectivity index (χ0n) is 36.5. The van der Waals surface area contributed by atoms with Gasteiger partial charge in [-0.1, -0.05) is 39.8 Å². The number of H-pyrrole nitrogens is 2. The predicted octanol–water partition coefficient (Wildman–Crippen LogP) is 7.45. The van der Waals surface area contributed by atoms with Crippen molar-refractivity contribution in [1.82, 2.24) is 40.4 Å². The highest BCUT2D eigenvalue weighted by atomic mass is 19.1. The van der Waals surface area contributed by atoms with Crippen molar-refractivity contribution in [3.8, 4) is 5.75 Å². The zero-order chi connectivity index (χ0) is 44.7. The summed E-state index contributed by atoms with van der Waals surface area (Å²) >= 11 is 0. The molecule has 3 aliphatic heterocycles. The van der Waals surface area contributed by atoms with Crippen molar-refractivity contribution in [3.63, 3.8) is 0 Å². The maximum absolute atomic E-state index is 15.1. The largest absolute Gasteiger partial charge is 0.505 e. The van der Waals surface area contributed by atoms with Gasteiger partial charge in [-0.05, 0) is 97.9 Å². The second-order valence-electron chi connectivity index (χ2n) is 17.5. The van der Waals surface area contributed by atoms with Gasteiger partial charge in [0.1, 0.15) is 23.7 Å². The van der Waals surface area contributed by atoms with Crippen molar-refractivity contribution < 1.29 is 38.1 Å². The number of hydrogen-bond donors (Lipinski definition) is 5. The number of nitrogens with one attached hydrogen (secondary N) is 4. The van der Waals surface area contributed by atoms with Crippen LogP contribution in [0.5, 0.6) is 5.75 Å². The number of fused-ring (bicyclic) bond motifs is 2. The Morgan fingerprint density at radius 2 is 1.14 bits per heavy atom. The molecule has 2 aromatic heterocycles. The van der Waals surface area contributed by atoms with E-state index < -0.39 is 35.8 Å². The van der Waals surface area contributed by atoms with Crippen LogP contribution in [0.25, 0.3) is 22.1 Å². The fraction of sp³-hybridized carbons (Fsp3) is 0.478. The predicted molar refractivity (Wildman–Crippen MR) is 233 cm³/mol. The highest BCUT2D eigenvalue weighted by Gasteiger charge is 2.40. The number of likely N-dealkylation sites (tertiary alicyclic amines) is 2. The maximum atomic E-state index is 15.1. The van der Waals surface area contributed by atoms with Gasteiger partial charge in [-0.3, -0.25) is 9.59 Å². The van der Waals surface area contributed by atoms with Crippen LogP contribution >= 0.6 is 0 Å². The average Bonchev–Trinajstić information content (AvgIpc) is 4.12. The molecule has 3 aliphatic rings. The molecule has 0 saturated carbocycles. The Bertz CT molecular complexity index is 2380. The number of aromatic hydroxyl groups is 1. The van der Waals surface area contributed by atoms with E-state index in [9.17, 15) is 24.3 Å². The summed E-state index contributed by atoms with van der Waals surface area (Å²) < 4.78 is 24.7. The van der Waals surface area contributed by atoms with Gasteiger partial charge >= 0.3 is 12.2 Å². The van der Waals surface area contributed by atoms with E-state index in [1.807, 2.05) is 52.0 Å². The number of aromatic amines is 2. The lowest BCUT2D eigenvalue weighted by molar-refractivity contribution is -0.136. The summed E-state index contributed by atoms with van der Waals surface area (Å²) in [5.74, 6) is -0.474. The molecule has 6 atom stereocenters. The summed E-state index contributed by atoms with van der Waals surface area (Å²) in [5, 5.41) is 15.6. The van der Waals surface area contributed by atoms with Gasteiger partial charge in [0.15, 0.2) is 11.6 Å². The molecule has 5 heterocycles. The van der Waals surface area contributed by atoms with Gasteiger partial charge in [0.05, 0.1) is 60.5 Å². The molecule has 5 aromatic rings. The number of hydrogen-bond acceptors (Lipinski definition) is 10. The quantitative estimate of drug-likeness (QED) is 0.0889. The number of anilines is 1. The first kappa shape index (κ1) is 43.3. The number of carbonyl (C=O) groups excluding carboxylic acids is 4. The Morgan fingerprint density at radius 3 is 1.56 bits per heavy atom. The van der Waals surface area contributed by atoms with Crippen LogP contribution in [0.2, 0.25) is 0 Å². The van der Waals surface area contributed by atoms with E-state index in [2.05, 4.69) is 37.6 Å². The van der Waals surface area contributed by atoms with Crippen LogP contribution in [-0.4, -0.2) is 98.2 Å². The van der Waals surface area contributed by atoms with Crippen molar-refractivity contribution in [2.24, 2.45) is 11.8 Å². The zero-order valence-corrected chi connectivity index (χ0v) is 36.5. The number of amides is 4. The van der Waals surface area contributed by atoms with Crippen molar-refractivity contribution in [2.75, 3.05) is 32.2 Å². The fourth-order valence-electron chi connectivity index (χ4n) is 9.69. The molecule has 0 aliphatic carbocycles. The van der Waals surface area contributed by atoms with Crippen molar-refractivity contribution >= 4 is 51.8 Å². The van der Waals surface area contributed by atoms with Crippen LogP contribution in [0.3, 0.4) is 0 Å². The van der Waals surface area contributed by atoms with Crippen LogP contribution in [-0.2, 0) is 19.1 Å². The number of rotatable bonds is 11. The monoisotopic (exact) mass is 865 g/mol. The minimum absolute atomic E-state index is 0.155. The summed E-state index contributed by atoms with van der Waals surface area (Å²) in [6.07, 6.45) is 3.21. The van der Waals surface area contributed by atoms with Gasteiger partial charge in [-0.15, -0.1) is 0 Å². The Balaban J connectivity index is 1.07. The van der Waals surface area contributed by atoms with Gasteiger partial charge < -0.3 is 49.9 Å². The second-order valence-corrected chi connectivity index (χ2v) is 17.5. The van der Waals surface area contributed by atoms with E-state index in [-0.39, 0.29) is 47.8 Å². The summed E-state index contributed by atoms with van der Waals surface area (Å²) in [5.41, 5.74) is 5.72. The number of carbonyl (C=O) groups is 4. The van der Waals surface area contributed by atoms with Gasteiger partial charge in [0, 0.05) is 24.8 Å². The molecule has 0 spiro atoms. The first-order valence-electron chi connectivity index (χ1n) is 21.8. The van der Waals surface area contributed by atoms with Crippen LogP contribution in [0.4, 0.5) is 19.7 Å². The van der Waals surface area contributed by atoms with E-state index in [0.29, 0.717) is 30.4 Å². The molecule has 3 aromatic carbocycles. The third kappa shape index (κ3) is 8.44. The fourth-order valence-corrected chi connectivity index (χ4v) is 9.69. The molecule has 0 bridgehead atoms. The molecule has 0 radical (unpaired) electrons. The standard InChI is InChI=1S/C46H56FN9O7/c1-24(2)39(52-45(60)62-5)43(58)54-19-7-9-36(54)41-48-30-14-11-26(21-32(30)50-41)34-16-17-35(56(34)28-13-18-38(57)29(47)23-28)27-12-15-31-33(22-27)51-42(49-31)37-10-8-20-55(37)44(59)40(25(3)4)53-46(61)63-6/h11-15,18,21-25,34-37,39-40,57H,7-10,16-17,19-20H2,1-6H3,(H,48,50)(H,49,51)(H,52,60)(H,53,61)/t34-,35-,36+,37+,39+,40+/m1/s1. The number of ether oxygens (including phenoxy) is 2. The van der Waals surface area contributed by atoms with Crippen LogP contribution in [0, 0.1) is 17.7 Å². The first-order chi connectivity index (χ1) is 30.3. The van der Waals surface area contributed by atoms with Crippen LogP contribution in [0.15, 0.2) is 54.6 Å². The number of phenols is 1. The smallest absolute Gasteiger partial charge is 0.407 e. The number of benzene rings is 3. The topological polar surface area (TPSA) is 198 Å². The Hall–Kier alpha value is -6.39. The lowest BCUT2D eigenvalue weighted by Crippen LogP contribution is -2.51. The van der Waals surface area contributed by atoms with Gasteiger partial charge in [-0.2, -0.15) is 0 Å². The molecule has 4 amide bonds. The molecule has 63 heavy (non-hydrogen) atoms. The SMILES string of the molecule is COC(=O)N[C@H](C(=O)N1CCC[C@H]1c1nc2ccc([C@H]3CC[C@H](c4ccc5nc([C@@H]6CCCN6C(=O)[C@@H](NC(=O)OC)C(C)C)[nH]c5c4)N3c3ccc(O)c(F)c3)cc2[nH]1)C(C)C. The molecule has 0 unspecified atom stereocenters. The lowest BCUT2D eigenvalue weighted by atomic mass is 10.0. The summed E-state index contributed by atoms with van der Waals surface area (Å²) in [7, 11) is 2.55. The van der Waals surface area contributed by atoms with Crippen molar-refractivity contribution in [2.45, 2.75) is 102 Å². The molecular weight excluding hydrogens is 810 g/mol. The number of aromatic nitrogens is 4. The summed E-state index contributed by atoms with van der Waals surface area (Å²) in [4.78, 5) is 74.5. The number of imidazole rings is 2. The molecule has 3 fully saturated rings. The molecule has 3 saturated heterocycles. The minimum atomic E-state index is -0.745. The molecule has 5 N–H and O–H groups in total. The van der Waals surface area contributed by atoms with Crippen molar-refractivity contribution in [3.05, 3.63) is 83.2 Å². The Kier molecular flexibility index (Phi) is 12.2. The van der Waals surface area contributed by atoms with Crippen LogP contribution < -0.4 is 15.5 Å². The normalized spacial score (nSPS) is 21.1. The molecule has 334 valence electrons.